The van der Waals surface area contributed by atoms with Crippen LogP contribution in [0.4, 0.5) is 0 Å². The number of carbonyl (C=O) groups excluding carboxylic acids is 1. The second-order valence-electron chi connectivity index (χ2n) is 6.17. The van der Waals surface area contributed by atoms with Crippen LogP contribution in [-0.4, -0.2) is 12.9 Å². The molecule has 2 aliphatic carbocycles. The van der Waals surface area contributed by atoms with Gasteiger partial charge in [0.25, 0.3) is 0 Å². The van der Waals surface area contributed by atoms with Crippen molar-refractivity contribution in [3.05, 3.63) is 41.0 Å². The molecule has 0 saturated carbocycles. The van der Waals surface area contributed by atoms with Crippen LogP contribution in [0, 0.1) is 5.41 Å². The lowest BCUT2D eigenvalue weighted by Gasteiger charge is -2.44. The minimum atomic E-state index is 0.0793. The highest BCUT2D eigenvalue weighted by atomic mass is 16.5. The van der Waals surface area contributed by atoms with Gasteiger partial charge in [-0.25, -0.2) is 0 Å². The highest BCUT2D eigenvalue weighted by Crippen LogP contribution is 2.53. The van der Waals surface area contributed by atoms with Gasteiger partial charge in [-0.3, -0.25) is 4.79 Å². The summed E-state index contributed by atoms with van der Waals surface area (Å²) in [6.45, 7) is 4.44. The Hall–Kier alpha value is -1.57. The highest BCUT2D eigenvalue weighted by molar-refractivity contribution is 6.02. The van der Waals surface area contributed by atoms with E-state index >= 15 is 0 Å². The van der Waals surface area contributed by atoms with Crippen LogP contribution in [0.5, 0.6) is 5.75 Å². The number of allylic oxidation sites excluding steroid dienone is 2. The summed E-state index contributed by atoms with van der Waals surface area (Å²) in [6.07, 6.45) is 5.20. The van der Waals surface area contributed by atoms with Crippen molar-refractivity contribution in [3.63, 3.8) is 0 Å². The van der Waals surface area contributed by atoms with Gasteiger partial charge in [0.15, 0.2) is 5.78 Å². The molecule has 19 heavy (non-hydrogen) atoms. The smallest absolute Gasteiger partial charge is 0.167 e. The van der Waals surface area contributed by atoms with Crippen LogP contribution < -0.4 is 4.74 Å². The van der Waals surface area contributed by atoms with E-state index in [9.17, 15) is 4.79 Å². The van der Waals surface area contributed by atoms with E-state index in [1.807, 2.05) is 12.1 Å². The van der Waals surface area contributed by atoms with Crippen molar-refractivity contribution >= 4 is 5.78 Å². The molecule has 0 bridgehead atoms. The molecule has 3 rings (SSSR count). The zero-order valence-corrected chi connectivity index (χ0v) is 11.8. The summed E-state index contributed by atoms with van der Waals surface area (Å²) < 4.78 is 5.38. The van der Waals surface area contributed by atoms with Gasteiger partial charge in [0.1, 0.15) is 5.75 Å². The lowest BCUT2D eigenvalue weighted by Crippen LogP contribution is -2.35. The van der Waals surface area contributed by atoms with Crippen molar-refractivity contribution in [2.45, 2.75) is 39.0 Å². The average molecular weight is 256 g/mol. The van der Waals surface area contributed by atoms with Gasteiger partial charge >= 0.3 is 0 Å². The normalized spacial score (nSPS) is 29.3. The molecule has 0 spiro atoms. The molecule has 2 nitrogen and oxygen atoms in total. The number of benzene rings is 1. The van der Waals surface area contributed by atoms with Crippen LogP contribution in [0.15, 0.2) is 29.8 Å². The molecule has 2 atom stereocenters. The Bertz CT molecular complexity index is 571. The molecule has 0 heterocycles. The minimum absolute atomic E-state index is 0.0793. The van der Waals surface area contributed by atoms with Crippen LogP contribution in [0.2, 0.25) is 0 Å². The summed E-state index contributed by atoms with van der Waals surface area (Å²) >= 11 is 0. The standard InChI is InChI=1S/C17H20O2/c1-11-7-8-17(2)10-14(18)16-12(13(17)9-11)5-4-6-15(16)19-3/h4-6,9,13H,7-8,10H2,1-3H3/t13-,17+/m1/s1. The van der Waals surface area contributed by atoms with Crippen molar-refractivity contribution in [3.8, 4) is 5.75 Å². The van der Waals surface area contributed by atoms with E-state index in [0.717, 1.165) is 29.7 Å². The molecule has 0 N–H and O–H groups in total. The third-order valence-corrected chi connectivity index (χ3v) is 4.75. The molecule has 0 fully saturated rings. The maximum absolute atomic E-state index is 12.5. The number of Topliss-reactive ketones (excluding diaryl/α,β-unsaturated/α-hetero) is 1. The Kier molecular flexibility index (Phi) is 2.77. The first-order valence-corrected chi connectivity index (χ1v) is 6.92. The van der Waals surface area contributed by atoms with E-state index in [0.29, 0.717) is 12.3 Å². The summed E-state index contributed by atoms with van der Waals surface area (Å²) in [4.78, 5) is 12.5. The van der Waals surface area contributed by atoms with E-state index < -0.39 is 0 Å². The maximum Gasteiger partial charge on any atom is 0.167 e. The van der Waals surface area contributed by atoms with Gasteiger partial charge in [-0.05, 0) is 36.8 Å². The van der Waals surface area contributed by atoms with Gasteiger partial charge in [0, 0.05) is 12.3 Å². The minimum Gasteiger partial charge on any atom is -0.496 e. The lowest BCUT2D eigenvalue weighted by atomic mass is 9.59. The zero-order valence-electron chi connectivity index (χ0n) is 11.8. The van der Waals surface area contributed by atoms with Crippen molar-refractivity contribution in [2.24, 2.45) is 5.41 Å². The Balaban J connectivity index is 2.22. The number of hydrogen-bond donors (Lipinski definition) is 0. The highest BCUT2D eigenvalue weighted by Gasteiger charge is 2.44. The average Bonchev–Trinajstić information content (AvgIpc) is 2.40. The number of rotatable bonds is 1. The summed E-state index contributed by atoms with van der Waals surface area (Å²) in [7, 11) is 1.64. The molecule has 2 aliphatic rings. The van der Waals surface area contributed by atoms with Gasteiger partial charge < -0.3 is 4.74 Å². The molecule has 2 heteroatoms. The molecule has 0 saturated heterocycles. The van der Waals surface area contributed by atoms with Gasteiger partial charge in [-0.15, -0.1) is 0 Å². The fraction of sp³-hybridized carbons (Fsp3) is 0.471. The number of hydrogen-bond acceptors (Lipinski definition) is 2. The van der Waals surface area contributed by atoms with Gasteiger partial charge in [0.2, 0.25) is 0 Å². The van der Waals surface area contributed by atoms with Gasteiger partial charge in [-0.1, -0.05) is 30.7 Å². The largest absolute Gasteiger partial charge is 0.496 e. The number of carbonyl (C=O) groups is 1. The first-order valence-electron chi connectivity index (χ1n) is 6.92. The predicted octanol–water partition coefficient (Wildman–Crippen LogP) is 4.11. The number of fused-ring (bicyclic) bond motifs is 3. The second-order valence-corrected chi connectivity index (χ2v) is 6.17. The predicted molar refractivity (Wildman–Crippen MR) is 75.8 cm³/mol. The van der Waals surface area contributed by atoms with Crippen LogP contribution in [-0.2, 0) is 0 Å². The lowest BCUT2D eigenvalue weighted by molar-refractivity contribution is 0.0861. The molecule has 0 radical (unpaired) electrons. The second kappa shape index (κ2) is 4.22. The van der Waals surface area contributed by atoms with Crippen LogP contribution >= 0.6 is 0 Å². The molecule has 100 valence electrons. The Morgan fingerprint density at radius 1 is 1.37 bits per heavy atom. The third-order valence-electron chi connectivity index (χ3n) is 4.75. The molecule has 0 aliphatic heterocycles. The number of ether oxygens (including phenoxy) is 1. The molecule has 0 unspecified atom stereocenters. The van der Waals surface area contributed by atoms with Crippen LogP contribution in [0.3, 0.4) is 0 Å². The monoisotopic (exact) mass is 256 g/mol. The van der Waals surface area contributed by atoms with E-state index in [-0.39, 0.29) is 11.2 Å². The molecule has 1 aromatic carbocycles. The van der Waals surface area contributed by atoms with E-state index in [1.165, 1.54) is 5.57 Å². The fourth-order valence-electron chi connectivity index (χ4n) is 3.60. The molecule has 0 aromatic heterocycles. The molecular formula is C17H20O2. The molecule has 0 amide bonds. The van der Waals surface area contributed by atoms with Crippen molar-refractivity contribution in [1.29, 1.82) is 0 Å². The summed E-state index contributed by atoms with van der Waals surface area (Å²) in [5.41, 5.74) is 3.47. The van der Waals surface area contributed by atoms with Gasteiger partial charge in [-0.2, -0.15) is 0 Å². The molecular weight excluding hydrogens is 236 g/mol. The number of ketones is 1. The summed E-state index contributed by atoms with van der Waals surface area (Å²) in [6, 6.07) is 5.97. The fourth-order valence-corrected chi connectivity index (χ4v) is 3.60. The van der Waals surface area contributed by atoms with Crippen molar-refractivity contribution in [2.75, 3.05) is 7.11 Å². The van der Waals surface area contributed by atoms with E-state index in [4.69, 9.17) is 4.74 Å². The Labute approximate surface area is 114 Å². The Morgan fingerprint density at radius 3 is 2.89 bits per heavy atom. The Morgan fingerprint density at radius 2 is 2.16 bits per heavy atom. The molecule has 1 aromatic rings. The van der Waals surface area contributed by atoms with Crippen LogP contribution in [0.25, 0.3) is 0 Å². The first kappa shape index (κ1) is 12.5. The summed E-state index contributed by atoms with van der Waals surface area (Å²) in [5.74, 6) is 1.31. The maximum atomic E-state index is 12.5. The quantitative estimate of drug-likeness (QED) is 0.707. The first-order chi connectivity index (χ1) is 9.05. The van der Waals surface area contributed by atoms with E-state index in [1.54, 1.807) is 7.11 Å². The van der Waals surface area contributed by atoms with Crippen LogP contribution in [0.1, 0.15) is 54.9 Å². The summed E-state index contributed by atoms with van der Waals surface area (Å²) in [5, 5.41) is 0. The topological polar surface area (TPSA) is 26.3 Å². The zero-order chi connectivity index (χ0) is 13.6. The van der Waals surface area contributed by atoms with Crippen molar-refractivity contribution in [1.82, 2.24) is 0 Å². The third kappa shape index (κ3) is 1.81. The van der Waals surface area contributed by atoms with Crippen molar-refractivity contribution < 1.29 is 9.53 Å². The SMILES string of the molecule is COc1cccc2c1C(=O)C[C@]1(C)CCC(C)=C[C@H]21. The van der Waals surface area contributed by atoms with Gasteiger partial charge in [0.05, 0.1) is 12.7 Å². The van der Waals surface area contributed by atoms with E-state index in [2.05, 4.69) is 26.0 Å². The number of methoxy groups -OCH3 is 1.